The Morgan fingerprint density at radius 2 is 1.80 bits per heavy atom. The van der Waals surface area contributed by atoms with Crippen LogP contribution in [0.2, 0.25) is 0 Å². The normalized spacial score (nSPS) is 11.5. The lowest BCUT2D eigenvalue weighted by Gasteiger charge is -2.14. The van der Waals surface area contributed by atoms with Crippen LogP contribution in [0.4, 0.5) is 0 Å². The first-order valence-electron chi connectivity index (χ1n) is 7.63. The fraction of sp³-hybridized carbons (Fsp3) is 0.278. The number of hydrogen-bond donors (Lipinski definition) is 1. The first kappa shape index (κ1) is 18.7. The number of benzene rings is 1. The Kier molecular flexibility index (Phi) is 6.30. The maximum Gasteiger partial charge on any atom is 0.349 e. The van der Waals surface area contributed by atoms with Crippen molar-refractivity contribution in [1.29, 1.82) is 0 Å². The molecule has 2 rings (SSSR count). The molecule has 0 fully saturated rings. The fourth-order valence-corrected chi connectivity index (χ4v) is 2.87. The van der Waals surface area contributed by atoms with Gasteiger partial charge in [-0.05, 0) is 32.0 Å². The van der Waals surface area contributed by atoms with Crippen molar-refractivity contribution in [3.8, 4) is 5.75 Å². The summed E-state index contributed by atoms with van der Waals surface area (Å²) in [6.07, 6.45) is -0.954. The number of thiophene rings is 1. The zero-order chi connectivity index (χ0) is 18.4. The maximum absolute atomic E-state index is 12.1. The Bertz CT molecular complexity index is 783. The minimum atomic E-state index is -0.954. The highest BCUT2D eigenvalue weighted by Crippen LogP contribution is 2.19. The van der Waals surface area contributed by atoms with Crippen molar-refractivity contribution in [2.24, 2.45) is 0 Å². The summed E-state index contributed by atoms with van der Waals surface area (Å²) in [5.74, 6) is -0.491. The molecule has 1 aromatic carbocycles. The molecule has 0 radical (unpaired) electrons. The van der Waals surface area contributed by atoms with E-state index in [9.17, 15) is 14.4 Å². The van der Waals surface area contributed by atoms with E-state index < -0.39 is 18.0 Å². The monoisotopic (exact) mass is 361 g/mol. The van der Waals surface area contributed by atoms with Crippen LogP contribution in [-0.2, 0) is 16.1 Å². The number of amides is 1. The molecule has 0 spiro atoms. The Hall–Kier alpha value is -2.67. The number of ketones is 1. The van der Waals surface area contributed by atoms with E-state index in [1.54, 1.807) is 19.2 Å². The minimum Gasteiger partial charge on any atom is -0.496 e. The Labute approximate surface area is 149 Å². The highest BCUT2D eigenvalue weighted by molar-refractivity contribution is 7.15. The van der Waals surface area contributed by atoms with E-state index in [2.05, 4.69) is 5.32 Å². The van der Waals surface area contributed by atoms with Crippen LogP contribution in [0.3, 0.4) is 0 Å². The molecule has 1 heterocycles. The second kappa shape index (κ2) is 8.43. The van der Waals surface area contributed by atoms with Gasteiger partial charge in [0.1, 0.15) is 10.6 Å². The molecule has 2 aromatic rings. The molecule has 0 aliphatic carbocycles. The molecule has 25 heavy (non-hydrogen) atoms. The van der Waals surface area contributed by atoms with Crippen molar-refractivity contribution in [3.05, 3.63) is 51.7 Å². The van der Waals surface area contributed by atoms with E-state index in [0.717, 1.165) is 16.9 Å². The molecular formula is C18H19NO5S. The third-order valence-corrected chi connectivity index (χ3v) is 4.62. The van der Waals surface area contributed by atoms with E-state index in [1.807, 2.05) is 18.2 Å². The zero-order valence-corrected chi connectivity index (χ0v) is 15.0. The number of Topliss-reactive ketones (excluding diaryl/α,β-unsaturated/α-hetero) is 1. The van der Waals surface area contributed by atoms with Gasteiger partial charge in [-0.3, -0.25) is 9.59 Å². The van der Waals surface area contributed by atoms with Gasteiger partial charge in [-0.2, -0.15) is 0 Å². The highest BCUT2D eigenvalue weighted by atomic mass is 32.1. The third kappa shape index (κ3) is 4.90. The van der Waals surface area contributed by atoms with Gasteiger partial charge in [0.15, 0.2) is 11.9 Å². The van der Waals surface area contributed by atoms with Gasteiger partial charge in [-0.1, -0.05) is 18.2 Å². The van der Waals surface area contributed by atoms with Crippen LogP contribution in [0, 0.1) is 0 Å². The van der Waals surface area contributed by atoms with E-state index in [4.69, 9.17) is 9.47 Å². The van der Waals surface area contributed by atoms with Crippen LogP contribution in [0.1, 0.15) is 38.8 Å². The Morgan fingerprint density at radius 3 is 2.44 bits per heavy atom. The smallest absolute Gasteiger partial charge is 0.349 e. The van der Waals surface area contributed by atoms with E-state index in [1.165, 1.54) is 19.9 Å². The van der Waals surface area contributed by atoms with Gasteiger partial charge in [0.2, 0.25) is 0 Å². The average Bonchev–Trinajstić information content (AvgIpc) is 3.10. The fourth-order valence-electron chi connectivity index (χ4n) is 2.08. The van der Waals surface area contributed by atoms with Crippen molar-refractivity contribution in [2.75, 3.05) is 7.11 Å². The minimum absolute atomic E-state index is 0.119. The number of rotatable bonds is 7. The van der Waals surface area contributed by atoms with Gasteiger partial charge < -0.3 is 14.8 Å². The molecular weight excluding hydrogens is 342 g/mol. The molecule has 132 valence electrons. The molecule has 0 aliphatic heterocycles. The van der Waals surface area contributed by atoms with Gasteiger partial charge in [0.05, 0.1) is 12.0 Å². The van der Waals surface area contributed by atoms with Crippen LogP contribution in [-0.4, -0.2) is 30.9 Å². The second-order valence-electron chi connectivity index (χ2n) is 5.30. The van der Waals surface area contributed by atoms with Gasteiger partial charge in [0, 0.05) is 12.1 Å². The van der Waals surface area contributed by atoms with Crippen LogP contribution in [0.5, 0.6) is 5.75 Å². The van der Waals surface area contributed by atoms with Crippen molar-refractivity contribution in [3.63, 3.8) is 0 Å². The van der Waals surface area contributed by atoms with E-state index in [0.29, 0.717) is 10.6 Å². The summed E-state index contributed by atoms with van der Waals surface area (Å²) < 4.78 is 10.4. The summed E-state index contributed by atoms with van der Waals surface area (Å²) in [7, 11) is 1.56. The molecule has 1 atom stereocenters. The van der Waals surface area contributed by atoms with E-state index in [-0.39, 0.29) is 17.2 Å². The molecule has 0 bridgehead atoms. The molecule has 0 aliphatic rings. The first-order valence-corrected chi connectivity index (χ1v) is 8.45. The molecule has 1 amide bonds. The number of nitrogens with one attached hydrogen (secondary N) is 1. The van der Waals surface area contributed by atoms with Crippen molar-refractivity contribution >= 4 is 29.0 Å². The van der Waals surface area contributed by atoms with Gasteiger partial charge in [-0.25, -0.2) is 4.79 Å². The average molecular weight is 361 g/mol. The summed E-state index contributed by atoms with van der Waals surface area (Å²) >= 11 is 1.05. The topological polar surface area (TPSA) is 81.7 Å². The summed E-state index contributed by atoms with van der Waals surface area (Å²) in [5, 5.41) is 2.71. The van der Waals surface area contributed by atoms with Crippen LogP contribution < -0.4 is 10.1 Å². The molecule has 1 N–H and O–H groups in total. The first-order chi connectivity index (χ1) is 11.9. The number of hydrogen-bond acceptors (Lipinski definition) is 6. The lowest BCUT2D eigenvalue weighted by molar-refractivity contribution is -0.129. The SMILES string of the molecule is COc1ccccc1CNC(=O)[C@H](C)OC(=O)c1ccc(C(C)=O)s1. The molecule has 0 saturated heterocycles. The third-order valence-electron chi connectivity index (χ3n) is 3.45. The van der Waals surface area contributed by atoms with Gasteiger partial charge in [0.25, 0.3) is 5.91 Å². The Morgan fingerprint density at radius 1 is 1.12 bits per heavy atom. The molecule has 6 nitrogen and oxygen atoms in total. The van der Waals surface area contributed by atoms with Crippen molar-refractivity contribution in [2.45, 2.75) is 26.5 Å². The second-order valence-corrected chi connectivity index (χ2v) is 6.38. The molecule has 0 unspecified atom stereocenters. The van der Waals surface area contributed by atoms with Crippen molar-refractivity contribution in [1.82, 2.24) is 5.32 Å². The number of methoxy groups -OCH3 is 1. The summed E-state index contributed by atoms with van der Waals surface area (Å²) in [6.45, 7) is 3.18. The highest BCUT2D eigenvalue weighted by Gasteiger charge is 2.20. The quantitative estimate of drug-likeness (QED) is 0.606. The lowest BCUT2D eigenvalue weighted by Crippen LogP contribution is -2.35. The molecule has 7 heteroatoms. The molecule has 1 aromatic heterocycles. The predicted molar refractivity (Wildman–Crippen MR) is 94.0 cm³/mol. The zero-order valence-electron chi connectivity index (χ0n) is 14.2. The summed E-state index contributed by atoms with van der Waals surface area (Å²) in [6, 6.07) is 10.4. The van der Waals surface area contributed by atoms with Crippen LogP contribution in [0.25, 0.3) is 0 Å². The van der Waals surface area contributed by atoms with Crippen molar-refractivity contribution < 1.29 is 23.9 Å². The maximum atomic E-state index is 12.1. The number of carbonyl (C=O) groups excluding carboxylic acids is 3. The molecule has 0 saturated carbocycles. The largest absolute Gasteiger partial charge is 0.496 e. The standard InChI is InChI=1S/C18H19NO5S/c1-11(20)15-8-9-16(25-15)18(22)24-12(2)17(21)19-10-13-6-4-5-7-14(13)23-3/h4-9,12H,10H2,1-3H3,(H,19,21)/t12-/m0/s1. The number of para-hydroxylation sites is 1. The van der Waals surface area contributed by atoms with Gasteiger partial charge in [-0.15, -0.1) is 11.3 Å². The summed E-state index contributed by atoms with van der Waals surface area (Å²) in [4.78, 5) is 36.2. The number of carbonyl (C=O) groups is 3. The van der Waals surface area contributed by atoms with E-state index >= 15 is 0 Å². The predicted octanol–water partition coefficient (Wildman–Crippen LogP) is 2.82. The number of ether oxygens (including phenoxy) is 2. The van der Waals surface area contributed by atoms with Gasteiger partial charge >= 0.3 is 5.97 Å². The van der Waals surface area contributed by atoms with Crippen LogP contribution in [0.15, 0.2) is 36.4 Å². The Balaban J connectivity index is 1.91. The lowest BCUT2D eigenvalue weighted by atomic mass is 10.2. The number of esters is 1. The summed E-state index contributed by atoms with van der Waals surface area (Å²) in [5.41, 5.74) is 0.821. The van der Waals surface area contributed by atoms with Crippen LogP contribution >= 0.6 is 11.3 Å².